The molecule has 0 bridgehead atoms. The topological polar surface area (TPSA) is 96.7 Å². The number of allylic oxidation sites excluding steroid dienone is 1. The molecule has 1 aromatic heterocycles. The summed E-state index contributed by atoms with van der Waals surface area (Å²) in [5, 5.41) is 24.4. The maximum absolute atomic E-state index is 14.0. The summed E-state index contributed by atoms with van der Waals surface area (Å²) in [7, 11) is 0. The molecule has 2 heterocycles. The van der Waals surface area contributed by atoms with Crippen LogP contribution < -0.4 is 0 Å². The fourth-order valence-corrected chi connectivity index (χ4v) is 5.90. The number of rotatable bonds is 2. The number of alkyl halides is 3. The Balaban J connectivity index is 1.98. The van der Waals surface area contributed by atoms with Gasteiger partial charge in [0.05, 0.1) is 34.7 Å². The van der Waals surface area contributed by atoms with Crippen molar-refractivity contribution in [3.05, 3.63) is 33.3 Å². The van der Waals surface area contributed by atoms with Gasteiger partial charge < -0.3 is 14.9 Å². The number of aliphatic hydroxyl groups is 2. The Morgan fingerprint density at radius 2 is 1.87 bits per heavy atom. The molecule has 1 saturated carbocycles. The monoisotopic (exact) mass is 557 g/mol. The van der Waals surface area contributed by atoms with Gasteiger partial charge in [-0.15, -0.1) is 11.3 Å². The molecule has 2 N–H and O–H groups in total. The van der Waals surface area contributed by atoms with Crippen molar-refractivity contribution in [2.45, 2.75) is 91.7 Å². The normalized spacial score (nSPS) is 35.2. The lowest BCUT2D eigenvalue weighted by Crippen LogP contribution is -2.46. The van der Waals surface area contributed by atoms with Gasteiger partial charge in [-0.25, -0.2) is 4.98 Å². The van der Waals surface area contributed by atoms with Crippen molar-refractivity contribution in [2.24, 2.45) is 29.1 Å². The number of halogens is 3. The van der Waals surface area contributed by atoms with Gasteiger partial charge in [-0.05, 0) is 56.1 Å². The molecule has 212 valence electrons. The largest absolute Gasteiger partial charge is 0.457 e. The molecular weight excluding hydrogens is 519 g/mol. The van der Waals surface area contributed by atoms with E-state index in [4.69, 9.17) is 4.74 Å². The van der Waals surface area contributed by atoms with E-state index in [2.05, 4.69) is 4.98 Å². The summed E-state index contributed by atoms with van der Waals surface area (Å²) in [5.74, 6) is -2.91. The Bertz CT molecular complexity index is 1090. The van der Waals surface area contributed by atoms with Gasteiger partial charge >= 0.3 is 12.1 Å². The van der Waals surface area contributed by atoms with Crippen molar-refractivity contribution in [3.8, 4) is 0 Å². The molecule has 0 aromatic carbocycles. The molecule has 6 nitrogen and oxygen atoms in total. The zero-order chi connectivity index (χ0) is 28.6. The zero-order valence-corrected chi connectivity index (χ0v) is 23.5. The van der Waals surface area contributed by atoms with E-state index in [0.717, 1.165) is 11.1 Å². The van der Waals surface area contributed by atoms with Gasteiger partial charge in [-0.3, -0.25) is 9.59 Å². The lowest BCUT2D eigenvalue weighted by Gasteiger charge is -2.34. The van der Waals surface area contributed by atoms with Gasteiger partial charge in [-0.1, -0.05) is 33.8 Å². The maximum Gasteiger partial charge on any atom is 0.412 e. The van der Waals surface area contributed by atoms with Crippen LogP contribution in [0.5, 0.6) is 0 Å². The van der Waals surface area contributed by atoms with Crippen molar-refractivity contribution < 1.29 is 37.7 Å². The van der Waals surface area contributed by atoms with E-state index in [1.807, 2.05) is 6.92 Å². The van der Waals surface area contributed by atoms with E-state index in [0.29, 0.717) is 17.7 Å². The van der Waals surface area contributed by atoms with Gasteiger partial charge in [0, 0.05) is 23.3 Å². The standard InChI is InChI=1S/C28H38F3NO5S/c1-14(9-20-13-38-17(4)32-20)22-8-7-19(28(29,30)31)10-18-11-21(18)15(2)25(35)16(3)26(36)27(5,6)23(33)12-24(34)37-22/h7,9,13,15-16,18,21-23,25,33,35H,8,10-12H2,1-6H3/b14-9?,19-7+/t15-,16+,18+,21+,22+,23-,25-/m0/s1. The number of ether oxygens (including phenoxy) is 1. The summed E-state index contributed by atoms with van der Waals surface area (Å²) in [5.41, 5.74) is -0.909. The average molecular weight is 558 g/mol. The molecule has 3 rings (SSSR count). The summed E-state index contributed by atoms with van der Waals surface area (Å²) in [4.78, 5) is 30.5. The van der Waals surface area contributed by atoms with E-state index in [-0.39, 0.29) is 24.7 Å². The number of thiazole rings is 1. The Morgan fingerprint density at radius 3 is 2.45 bits per heavy atom. The fraction of sp³-hybridized carbons (Fsp3) is 0.679. The Hall–Kier alpha value is -2.04. The third kappa shape index (κ3) is 7.12. The van der Waals surface area contributed by atoms with E-state index >= 15 is 0 Å². The van der Waals surface area contributed by atoms with Crippen LogP contribution in [0, 0.1) is 36.0 Å². The first-order chi connectivity index (χ1) is 17.5. The molecule has 10 heteroatoms. The number of hydrogen-bond donors (Lipinski definition) is 2. The van der Waals surface area contributed by atoms with Crippen molar-refractivity contribution in [3.63, 3.8) is 0 Å². The first-order valence-electron chi connectivity index (χ1n) is 13.0. The van der Waals surface area contributed by atoms with Crippen LogP contribution in [-0.4, -0.2) is 51.4 Å². The molecule has 7 atom stereocenters. The second-order valence-corrected chi connectivity index (χ2v) is 12.5. The van der Waals surface area contributed by atoms with Crippen LogP contribution in [0.3, 0.4) is 0 Å². The van der Waals surface area contributed by atoms with Crippen LogP contribution >= 0.6 is 11.3 Å². The van der Waals surface area contributed by atoms with Crippen LogP contribution in [-0.2, 0) is 14.3 Å². The smallest absolute Gasteiger partial charge is 0.412 e. The lowest BCUT2D eigenvalue weighted by molar-refractivity contribution is -0.154. The zero-order valence-electron chi connectivity index (χ0n) is 22.7. The van der Waals surface area contributed by atoms with Gasteiger partial charge in [0.25, 0.3) is 0 Å². The van der Waals surface area contributed by atoms with Crippen molar-refractivity contribution in [2.75, 3.05) is 0 Å². The minimum absolute atomic E-state index is 0.143. The number of hydrogen-bond acceptors (Lipinski definition) is 7. The van der Waals surface area contributed by atoms with Crippen molar-refractivity contribution in [1.29, 1.82) is 0 Å². The van der Waals surface area contributed by atoms with Gasteiger partial charge in [-0.2, -0.15) is 13.2 Å². The first-order valence-corrected chi connectivity index (χ1v) is 13.9. The lowest BCUT2D eigenvalue weighted by atomic mass is 9.72. The number of aromatic nitrogens is 1. The highest BCUT2D eigenvalue weighted by molar-refractivity contribution is 7.09. The molecule has 0 saturated heterocycles. The number of aryl methyl sites for hydroxylation is 1. The SMILES string of the molecule is CC(=Cc1csc(C)n1)[C@H]1C/C=C(/C(F)(F)F)C[C@@H]2C[C@@H]2[C@H](C)[C@H](O)[C@@H](C)C(=O)C(C)(C)[C@@H](O)CC(=O)O1. The number of fused-ring (bicyclic) bond motifs is 1. The van der Waals surface area contributed by atoms with Gasteiger partial charge in [0.2, 0.25) is 0 Å². The molecular formula is C28H38F3NO5S. The molecule has 1 aliphatic carbocycles. The van der Waals surface area contributed by atoms with Crippen molar-refractivity contribution in [1.82, 2.24) is 4.98 Å². The van der Waals surface area contributed by atoms with Crippen LogP contribution in [0.4, 0.5) is 13.2 Å². The molecule has 0 radical (unpaired) electrons. The van der Waals surface area contributed by atoms with Gasteiger partial charge in [0.1, 0.15) is 11.9 Å². The quantitative estimate of drug-likeness (QED) is 0.360. The molecule has 2 aliphatic rings. The van der Waals surface area contributed by atoms with Crippen LogP contribution in [0.1, 0.15) is 71.0 Å². The summed E-state index contributed by atoms with van der Waals surface area (Å²) >= 11 is 1.42. The highest BCUT2D eigenvalue weighted by Crippen LogP contribution is 2.51. The third-order valence-electron chi connectivity index (χ3n) is 8.16. The summed E-state index contributed by atoms with van der Waals surface area (Å²) < 4.78 is 47.5. The van der Waals surface area contributed by atoms with Crippen LogP contribution in [0.2, 0.25) is 0 Å². The number of cyclic esters (lactones) is 1. The molecule has 0 amide bonds. The van der Waals surface area contributed by atoms with E-state index in [1.165, 1.54) is 25.2 Å². The highest BCUT2D eigenvalue weighted by Gasteiger charge is 2.49. The number of aliphatic hydroxyl groups excluding tert-OH is 2. The first kappa shape index (κ1) is 30.5. The number of nitrogens with zero attached hydrogens (tertiary/aromatic N) is 1. The molecule has 1 fully saturated rings. The molecule has 0 spiro atoms. The van der Waals surface area contributed by atoms with E-state index in [9.17, 15) is 33.0 Å². The Morgan fingerprint density at radius 1 is 1.21 bits per heavy atom. The maximum atomic E-state index is 14.0. The van der Waals surface area contributed by atoms with Crippen molar-refractivity contribution >= 4 is 29.2 Å². The molecule has 1 aromatic rings. The summed E-state index contributed by atoms with van der Waals surface area (Å²) in [6.45, 7) is 9.86. The predicted octanol–water partition coefficient (Wildman–Crippen LogP) is 5.66. The van der Waals surface area contributed by atoms with Crippen LogP contribution in [0.15, 0.2) is 22.6 Å². The van der Waals surface area contributed by atoms with E-state index < -0.39 is 65.5 Å². The highest BCUT2D eigenvalue weighted by atomic mass is 32.1. The molecule has 38 heavy (non-hydrogen) atoms. The average Bonchev–Trinajstić information content (AvgIpc) is 3.48. The number of carbonyl (C=O) groups is 2. The molecule has 1 aliphatic heterocycles. The number of esters is 1. The number of carbonyl (C=O) groups excluding carboxylic acids is 2. The van der Waals surface area contributed by atoms with E-state index in [1.54, 1.807) is 32.2 Å². The second-order valence-electron chi connectivity index (χ2n) is 11.4. The van der Waals surface area contributed by atoms with Crippen LogP contribution in [0.25, 0.3) is 6.08 Å². The number of ketones is 1. The fourth-order valence-electron chi connectivity index (χ4n) is 5.33. The number of Topliss-reactive ketones (excluding diaryl/α,β-unsaturated/α-hetero) is 1. The minimum atomic E-state index is -4.55. The predicted molar refractivity (Wildman–Crippen MR) is 139 cm³/mol. The second kappa shape index (κ2) is 11.6. The third-order valence-corrected chi connectivity index (χ3v) is 8.96. The molecule has 0 unspecified atom stereocenters. The Kier molecular flexibility index (Phi) is 9.31. The Labute approximate surface area is 226 Å². The minimum Gasteiger partial charge on any atom is -0.457 e. The summed E-state index contributed by atoms with van der Waals surface area (Å²) in [6, 6.07) is 0. The summed E-state index contributed by atoms with van der Waals surface area (Å²) in [6.07, 6.45) is -5.66. The van der Waals surface area contributed by atoms with Gasteiger partial charge in [0.15, 0.2) is 0 Å².